The van der Waals surface area contributed by atoms with Crippen LogP contribution in [-0.4, -0.2) is 55.1 Å². The van der Waals surface area contributed by atoms with Crippen LogP contribution in [0.2, 0.25) is 0 Å². The van der Waals surface area contributed by atoms with Crippen molar-refractivity contribution in [2.75, 3.05) is 27.2 Å². The highest BCUT2D eigenvalue weighted by Crippen LogP contribution is 2.20. The zero-order chi connectivity index (χ0) is 18.2. The van der Waals surface area contributed by atoms with Gasteiger partial charge in [-0.15, -0.1) is 0 Å². The number of likely N-dealkylation sites (N-methyl/N-ethyl adjacent to an activating group) is 1. The minimum atomic E-state index is -0.152. The lowest BCUT2D eigenvalue weighted by Gasteiger charge is -2.27. The summed E-state index contributed by atoms with van der Waals surface area (Å²) in [6, 6.07) is 0.341. The van der Waals surface area contributed by atoms with Crippen LogP contribution in [0.25, 0.3) is 0 Å². The summed E-state index contributed by atoms with van der Waals surface area (Å²) >= 11 is 0. The Bertz CT molecular complexity index is 580. The third-order valence-electron chi connectivity index (χ3n) is 4.44. The van der Waals surface area contributed by atoms with Crippen LogP contribution >= 0.6 is 0 Å². The Morgan fingerprint density at radius 3 is 2.72 bits per heavy atom. The molecule has 0 bridgehead atoms. The van der Waals surface area contributed by atoms with Crippen molar-refractivity contribution in [2.45, 2.75) is 44.8 Å². The molecule has 2 N–H and O–H groups in total. The third-order valence-corrected chi connectivity index (χ3v) is 4.44. The number of nitrogens with one attached hydrogen (secondary N) is 1. The van der Waals surface area contributed by atoms with Crippen LogP contribution in [0.1, 0.15) is 32.6 Å². The Balaban J connectivity index is 1.97. The molecule has 2 aliphatic carbocycles. The molecule has 0 radical (unpaired) electrons. The quantitative estimate of drug-likeness (QED) is 0.745. The van der Waals surface area contributed by atoms with Gasteiger partial charge in [0.25, 0.3) is 0 Å². The molecular formula is C20H31N3O2. The van der Waals surface area contributed by atoms with E-state index in [-0.39, 0.29) is 6.10 Å². The molecule has 0 heterocycles. The van der Waals surface area contributed by atoms with Crippen LogP contribution in [0, 0.1) is 0 Å². The van der Waals surface area contributed by atoms with Crippen LogP contribution in [0.15, 0.2) is 53.0 Å². The van der Waals surface area contributed by atoms with Gasteiger partial charge in [0.1, 0.15) is 18.2 Å². The summed E-state index contributed by atoms with van der Waals surface area (Å²) in [4.78, 5) is 6.75. The molecule has 5 nitrogen and oxygen atoms in total. The number of hydrogen-bond acceptors (Lipinski definition) is 5. The monoisotopic (exact) mass is 345 g/mol. The number of ether oxygens (including phenoxy) is 1. The fourth-order valence-corrected chi connectivity index (χ4v) is 2.93. The van der Waals surface area contributed by atoms with Crippen molar-refractivity contribution in [2.24, 2.45) is 4.99 Å². The SMILES string of the molecule is C=C(/N=C1/C=C(OCCN(C)C)C=C/C1=C/C)NC1CCC(O)CC1. The van der Waals surface area contributed by atoms with Crippen molar-refractivity contribution in [3.8, 4) is 0 Å². The second-order valence-corrected chi connectivity index (χ2v) is 6.87. The second-order valence-electron chi connectivity index (χ2n) is 6.87. The van der Waals surface area contributed by atoms with Gasteiger partial charge in [0.2, 0.25) is 0 Å². The topological polar surface area (TPSA) is 57.1 Å². The first-order valence-electron chi connectivity index (χ1n) is 9.04. The van der Waals surface area contributed by atoms with Crippen LogP contribution in [-0.2, 0) is 4.74 Å². The lowest BCUT2D eigenvalue weighted by molar-refractivity contribution is 0.118. The molecule has 1 fully saturated rings. The predicted molar refractivity (Wildman–Crippen MR) is 103 cm³/mol. The lowest BCUT2D eigenvalue weighted by Crippen LogP contribution is -2.33. The summed E-state index contributed by atoms with van der Waals surface area (Å²) in [6.45, 7) is 7.57. The highest BCUT2D eigenvalue weighted by Gasteiger charge is 2.19. The van der Waals surface area contributed by atoms with E-state index in [1.54, 1.807) is 0 Å². The number of aliphatic hydroxyl groups excluding tert-OH is 1. The standard InChI is InChI=1S/C20H31N3O2/c1-5-16-6-11-19(25-13-12-23(3)4)14-20(16)22-15(2)21-17-7-9-18(24)10-8-17/h5-6,11,14,17-18,21,24H,2,7-10,12-13H2,1,3-4H3/b16-5-,22-20-. The molecule has 0 atom stereocenters. The van der Waals surface area contributed by atoms with Gasteiger partial charge in [0.15, 0.2) is 0 Å². The molecule has 0 aromatic rings. The fraction of sp³-hybridized carbons (Fsp3) is 0.550. The molecule has 5 heteroatoms. The van der Waals surface area contributed by atoms with Gasteiger partial charge in [0.05, 0.1) is 11.8 Å². The smallest absolute Gasteiger partial charge is 0.121 e. The highest BCUT2D eigenvalue weighted by atomic mass is 16.5. The minimum Gasteiger partial charge on any atom is -0.492 e. The number of hydrogen-bond donors (Lipinski definition) is 2. The van der Waals surface area contributed by atoms with Gasteiger partial charge in [-0.1, -0.05) is 12.7 Å². The first-order valence-corrected chi connectivity index (χ1v) is 9.04. The molecule has 0 amide bonds. The van der Waals surface area contributed by atoms with E-state index in [9.17, 15) is 5.11 Å². The molecule has 0 aromatic heterocycles. The Morgan fingerprint density at radius 2 is 2.08 bits per heavy atom. The van der Waals surface area contributed by atoms with Crippen molar-refractivity contribution in [1.82, 2.24) is 10.2 Å². The first-order chi connectivity index (χ1) is 12.0. The molecule has 0 spiro atoms. The summed E-state index contributed by atoms with van der Waals surface area (Å²) in [5, 5.41) is 13.0. The average molecular weight is 345 g/mol. The number of allylic oxidation sites excluding steroid dienone is 5. The van der Waals surface area contributed by atoms with Gasteiger partial charge >= 0.3 is 0 Å². The van der Waals surface area contributed by atoms with Crippen LogP contribution in [0.5, 0.6) is 0 Å². The molecule has 2 rings (SSSR count). The fourth-order valence-electron chi connectivity index (χ4n) is 2.93. The van der Waals surface area contributed by atoms with E-state index in [0.717, 1.165) is 49.3 Å². The molecule has 2 aliphatic rings. The molecule has 0 aromatic carbocycles. The van der Waals surface area contributed by atoms with Gasteiger partial charge in [-0.05, 0) is 64.4 Å². The van der Waals surface area contributed by atoms with E-state index < -0.39 is 0 Å². The van der Waals surface area contributed by atoms with E-state index in [4.69, 9.17) is 4.74 Å². The zero-order valence-corrected chi connectivity index (χ0v) is 15.7. The highest BCUT2D eigenvalue weighted by molar-refractivity contribution is 6.12. The van der Waals surface area contributed by atoms with Gasteiger partial charge in [-0.25, -0.2) is 4.99 Å². The van der Waals surface area contributed by atoms with Crippen molar-refractivity contribution in [3.05, 3.63) is 48.0 Å². The maximum atomic E-state index is 9.61. The normalized spacial score (nSPS) is 26.8. The molecule has 0 saturated heterocycles. The van der Waals surface area contributed by atoms with Crippen molar-refractivity contribution in [1.29, 1.82) is 0 Å². The van der Waals surface area contributed by atoms with Gasteiger partial charge in [-0.2, -0.15) is 0 Å². The van der Waals surface area contributed by atoms with Crippen molar-refractivity contribution < 1.29 is 9.84 Å². The third kappa shape index (κ3) is 6.52. The van der Waals surface area contributed by atoms with E-state index in [1.165, 1.54) is 0 Å². The maximum absolute atomic E-state index is 9.61. The molecule has 25 heavy (non-hydrogen) atoms. The average Bonchev–Trinajstić information content (AvgIpc) is 2.57. The molecule has 0 unspecified atom stereocenters. The van der Waals surface area contributed by atoms with Crippen LogP contribution < -0.4 is 5.32 Å². The number of nitrogens with zero attached hydrogens (tertiary/aromatic N) is 2. The van der Waals surface area contributed by atoms with Gasteiger partial charge in [0, 0.05) is 18.7 Å². The zero-order valence-electron chi connectivity index (χ0n) is 15.7. The number of aliphatic hydroxyl groups is 1. The molecular weight excluding hydrogens is 314 g/mol. The van der Waals surface area contributed by atoms with Crippen LogP contribution in [0.4, 0.5) is 0 Å². The van der Waals surface area contributed by atoms with Crippen LogP contribution in [0.3, 0.4) is 0 Å². The molecule has 0 aliphatic heterocycles. The largest absolute Gasteiger partial charge is 0.492 e. The Hall–Kier alpha value is -1.85. The molecule has 138 valence electrons. The Labute approximate surface area is 151 Å². The number of aliphatic imine (C=N–C) groups is 1. The number of rotatable bonds is 7. The van der Waals surface area contributed by atoms with E-state index in [2.05, 4.69) is 21.8 Å². The summed E-state index contributed by atoms with van der Waals surface area (Å²) in [7, 11) is 4.05. The van der Waals surface area contributed by atoms with E-state index in [0.29, 0.717) is 18.5 Å². The first kappa shape index (κ1) is 19.5. The Kier molecular flexibility index (Phi) is 7.47. The van der Waals surface area contributed by atoms with E-state index in [1.807, 2.05) is 45.3 Å². The summed E-state index contributed by atoms with van der Waals surface area (Å²) in [5.74, 6) is 1.48. The summed E-state index contributed by atoms with van der Waals surface area (Å²) < 4.78 is 5.81. The lowest BCUT2D eigenvalue weighted by atomic mass is 9.93. The Morgan fingerprint density at radius 1 is 1.36 bits per heavy atom. The van der Waals surface area contributed by atoms with Crippen molar-refractivity contribution in [3.63, 3.8) is 0 Å². The van der Waals surface area contributed by atoms with E-state index >= 15 is 0 Å². The predicted octanol–water partition coefficient (Wildman–Crippen LogP) is 2.77. The summed E-state index contributed by atoms with van der Waals surface area (Å²) in [5.41, 5.74) is 1.92. The molecule has 1 saturated carbocycles. The van der Waals surface area contributed by atoms with Gasteiger partial charge in [-0.3, -0.25) is 0 Å². The van der Waals surface area contributed by atoms with Crippen molar-refractivity contribution >= 4 is 5.71 Å². The second kappa shape index (κ2) is 9.59. The maximum Gasteiger partial charge on any atom is 0.121 e. The van der Waals surface area contributed by atoms with Gasteiger partial charge < -0.3 is 20.1 Å². The summed E-state index contributed by atoms with van der Waals surface area (Å²) in [6.07, 6.45) is 11.4. The minimum absolute atomic E-state index is 0.152.